The second-order valence-corrected chi connectivity index (χ2v) is 3.54. The highest BCUT2D eigenvalue weighted by Gasteiger charge is 2.26. The predicted molar refractivity (Wildman–Crippen MR) is 48.6 cm³/mol. The van der Waals surface area contributed by atoms with Gasteiger partial charge in [-0.25, -0.2) is 0 Å². The quantitative estimate of drug-likeness (QED) is 0.656. The summed E-state index contributed by atoms with van der Waals surface area (Å²) in [5.74, 6) is -0.306. The number of amides is 1. The molecule has 0 aromatic carbocycles. The SMILES string of the molecule is CC(C#N)N1CCCC(C(N)=O)C1. The molecule has 2 N–H and O–H groups in total. The van der Waals surface area contributed by atoms with Crippen molar-refractivity contribution in [2.24, 2.45) is 11.7 Å². The molecule has 4 nitrogen and oxygen atoms in total. The van der Waals surface area contributed by atoms with E-state index in [4.69, 9.17) is 11.0 Å². The Labute approximate surface area is 78.3 Å². The van der Waals surface area contributed by atoms with E-state index in [9.17, 15) is 4.79 Å². The van der Waals surface area contributed by atoms with Gasteiger partial charge in [-0.15, -0.1) is 0 Å². The van der Waals surface area contributed by atoms with Gasteiger partial charge in [-0.2, -0.15) is 5.26 Å². The van der Waals surface area contributed by atoms with Crippen LogP contribution in [0.15, 0.2) is 0 Å². The normalized spacial score (nSPS) is 26.3. The molecule has 4 heteroatoms. The van der Waals surface area contributed by atoms with Crippen LogP contribution in [-0.2, 0) is 4.79 Å². The maximum Gasteiger partial charge on any atom is 0.221 e. The van der Waals surface area contributed by atoms with Crippen LogP contribution >= 0.6 is 0 Å². The van der Waals surface area contributed by atoms with E-state index in [1.165, 1.54) is 0 Å². The van der Waals surface area contributed by atoms with E-state index in [0.717, 1.165) is 19.4 Å². The molecule has 0 aliphatic carbocycles. The number of hydrogen-bond donors (Lipinski definition) is 1. The van der Waals surface area contributed by atoms with E-state index in [2.05, 4.69) is 6.07 Å². The molecule has 1 fully saturated rings. The van der Waals surface area contributed by atoms with Crippen molar-refractivity contribution >= 4 is 5.91 Å². The summed E-state index contributed by atoms with van der Waals surface area (Å²) in [6, 6.07) is 2.06. The molecule has 0 aromatic rings. The number of primary amides is 1. The lowest BCUT2D eigenvalue weighted by Crippen LogP contribution is -2.44. The molecular formula is C9H15N3O. The summed E-state index contributed by atoms with van der Waals surface area (Å²) >= 11 is 0. The van der Waals surface area contributed by atoms with E-state index < -0.39 is 0 Å². The number of nitrogens with zero attached hydrogens (tertiary/aromatic N) is 2. The van der Waals surface area contributed by atoms with Crippen molar-refractivity contribution in [2.45, 2.75) is 25.8 Å². The fraction of sp³-hybridized carbons (Fsp3) is 0.778. The largest absolute Gasteiger partial charge is 0.369 e. The number of piperidine rings is 1. The van der Waals surface area contributed by atoms with Crippen LogP contribution in [0.5, 0.6) is 0 Å². The van der Waals surface area contributed by atoms with Crippen molar-refractivity contribution < 1.29 is 4.79 Å². The molecule has 1 rings (SSSR count). The molecule has 1 heterocycles. The van der Waals surface area contributed by atoms with Crippen molar-refractivity contribution in [3.05, 3.63) is 0 Å². The molecule has 0 saturated carbocycles. The first kappa shape index (κ1) is 10.0. The van der Waals surface area contributed by atoms with Gasteiger partial charge >= 0.3 is 0 Å². The van der Waals surface area contributed by atoms with Crippen LogP contribution in [0.25, 0.3) is 0 Å². The van der Waals surface area contributed by atoms with Crippen LogP contribution in [0.4, 0.5) is 0 Å². The summed E-state index contributed by atoms with van der Waals surface area (Å²) < 4.78 is 0. The molecule has 0 aromatic heterocycles. The highest BCUT2D eigenvalue weighted by Crippen LogP contribution is 2.17. The molecule has 1 saturated heterocycles. The zero-order chi connectivity index (χ0) is 9.84. The summed E-state index contributed by atoms with van der Waals surface area (Å²) in [5, 5.41) is 8.70. The maximum atomic E-state index is 10.9. The first-order valence-electron chi connectivity index (χ1n) is 4.58. The van der Waals surface area contributed by atoms with Crippen LogP contribution in [0.3, 0.4) is 0 Å². The minimum absolute atomic E-state index is 0.0652. The van der Waals surface area contributed by atoms with Crippen molar-refractivity contribution in [3.8, 4) is 6.07 Å². The first-order valence-corrected chi connectivity index (χ1v) is 4.58. The minimum atomic E-state index is -0.241. The summed E-state index contributed by atoms with van der Waals surface area (Å²) in [4.78, 5) is 12.9. The summed E-state index contributed by atoms with van der Waals surface area (Å²) in [6.45, 7) is 3.39. The molecule has 1 aliphatic heterocycles. The van der Waals surface area contributed by atoms with Crippen molar-refractivity contribution in [1.29, 1.82) is 5.26 Å². The predicted octanol–water partition coefficient (Wildman–Crippen LogP) is 0.0958. The Balaban J connectivity index is 2.52. The van der Waals surface area contributed by atoms with Crippen molar-refractivity contribution in [2.75, 3.05) is 13.1 Å². The molecule has 0 radical (unpaired) electrons. The number of rotatable bonds is 2. The Bertz CT molecular complexity index is 234. The number of likely N-dealkylation sites (tertiary alicyclic amines) is 1. The smallest absolute Gasteiger partial charge is 0.221 e. The third kappa shape index (κ3) is 2.43. The molecule has 13 heavy (non-hydrogen) atoms. The van der Waals surface area contributed by atoms with Crippen molar-refractivity contribution in [1.82, 2.24) is 4.90 Å². The van der Waals surface area contributed by atoms with E-state index in [1.807, 2.05) is 11.8 Å². The number of nitriles is 1. The molecule has 2 atom stereocenters. The van der Waals surface area contributed by atoms with Gasteiger partial charge in [0.1, 0.15) is 0 Å². The van der Waals surface area contributed by atoms with Gasteiger partial charge in [0.25, 0.3) is 0 Å². The molecule has 1 amide bonds. The van der Waals surface area contributed by atoms with E-state index in [0.29, 0.717) is 6.54 Å². The standard InChI is InChI=1S/C9H15N3O/c1-7(5-10)12-4-2-3-8(6-12)9(11)13/h7-8H,2-4,6H2,1H3,(H2,11,13). The minimum Gasteiger partial charge on any atom is -0.369 e. The van der Waals surface area contributed by atoms with Gasteiger partial charge in [0, 0.05) is 6.54 Å². The highest BCUT2D eigenvalue weighted by molar-refractivity contribution is 5.76. The Hall–Kier alpha value is -1.08. The first-order chi connectivity index (χ1) is 6.15. The van der Waals surface area contributed by atoms with E-state index in [1.54, 1.807) is 0 Å². The Morgan fingerprint density at radius 2 is 2.46 bits per heavy atom. The van der Waals surface area contributed by atoms with Gasteiger partial charge < -0.3 is 5.73 Å². The third-order valence-corrected chi connectivity index (χ3v) is 2.59. The zero-order valence-electron chi connectivity index (χ0n) is 7.86. The van der Waals surface area contributed by atoms with E-state index >= 15 is 0 Å². The Kier molecular flexibility index (Phi) is 3.26. The molecule has 0 spiro atoms. The number of carbonyl (C=O) groups excluding carboxylic acids is 1. The second kappa shape index (κ2) is 4.24. The Morgan fingerprint density at radius 3 is 3.00 bits per heavy atom. The Morgan fingerprint density at radius 1 is 1.77 bits per heavy atom. The maximum absolute atomic E-state index is 10.9. The van der Waals surface area contributed by atoms with Gasteiger partial charge in [0.05, 0.1) is 18.0 Å². The average molecular weight is 181 g/mol. The van der Waals surface area contributed by atoms with Crippen LogP contribution in [0.2, 0.25) is 0 Å². The fourth-order valence-corrected chi connectivity index (χ4v) is 1.67. The van der Waals surface area contributed by atoms with Crippen LogP contribution in [0.1, 0.15) is 19.8 Å². The lowest BCUT2D eigenvalue weighted by Gasteiger charge is -2.32. The summed E-state index contributed by atoms with van der Waals surface area (Å²) in [6.07, 6.45) is 1.82. The van der Waals surface area contributed by atoms with Crippen LogP contribution in [0, 0.1) is 17.2 Å². The molecular weight excluding hydrogens is 166 g/mol. The summed E-state index contributed by atoms with van der Waals surface area (Å²) in [7, 11) is 0. The number of hydrogen-bond acceptors (Lipinski definition) is 3. The lowest BCUT2D eigenvalue weighted by molar-refractivity contribution is -0.123. The van der Waals surface area contributed by atoms with Gasteiger partial charge in [-0.3, -0.25) is 9.69 Å². The highest BCUT2D eigenvalue weighted by atomic mass is 16.1. The lowest BCUT2D eigenvalue weighted by atomic mass is 9.96. The van der Waals surface area contributed by atoms with Gasteiger partial charge in [0.2, 0.25) is 5.91 Å². The molecule has 1 aliphatic rings. The second-order valence-electron chi connectivity index (χ2n) is 3.54. The average Bonchev–Trinajstić information content (AvgIpc) is 2.17. The van der Waals surface area contributed by atoms with Gasteiger partial charge in [-0.1, -0.05) is 0 Å². The fourth-order valence-electron chi connectivity index (χ4n) is 1.67. The van der Waals surface area contributed by atoms with Crippen LogP contribution < -0.4 is 5.73 Å². The van der Waals surface area contributed by atoms with Gasteiger partial charge in [0.15, 0.2) is 0 Å². The zero-order valence-corrected chi connectivity index (χ0v) is 7.86. The molecule has 2 unspecified atom stereocenters. The third-order valence-electron chi connectivity index (χ3n) is 2.59. The van der Waals surface area contributed by atoms with E-state index in [-0.39, 0.29) is 17.9 Å². The molecule has 0 bridgehead atoms. The number of carbonyl (C=O) groups is 1. The monoisotopic (exact) mass is 181 g/mol. The van der Waals surface area contributed by atoms with Gasteiger partial charge in [-0.05, 0) is 26.3 Å². The molecule has 72 valence electrons. The van der Waals surface area contributed by atoms with Crippen molar-refractivity contribution in [3.63, 3.8) is 0 Å². The topological polar surface area (TPSA) is 70.1 Å². The summed E-state index contributed by atoms with van der Waals surface area (Å²) in [5.41, 5.74) is 5.22. The van der Waals surface area contributed by atoms with Crippen LogP contribution in [-0.4, -0.2) is 29.9 Å². The number of nitrogens with two attached hydrogens (primary N) is 1.